The average Bonchev–Trinajstić information content (AvgIpc) is 3.30. The van der Waals surface area contributed by atoms with Crippen molar-refractivity contribution >= 4 is 59.9 Å². The van der Waals surface area contributed by atoms with Crippen LogP contribution in [0.5, 0.6) is 0 Å². The largest absolute Gasteiger partial charge is 0.302 e. The van der Waals surface area contributed by atoms with Crippen LogP contribution in [0.15, 0.2) is 77.7 Å². The minimum atomic E-state index is -3.93. The molecule has 0 fully saturated rings. The van der Waals surface area contributed by atoms with Gasteiger partial charge in [0.1, 0.15) is 0 Å². The van der Waals surface area contributed by atoms with Crippen molar-refractivity contribution in [2.75, 3.05) is 35.8 Å². The van der Waals surface area contributed by atoms with Crippen molar-refractivity contribution in [1.82, 2.24) is 9.88 Å². The first-order valence-electron chi connectivity index (χ1n) is 11.6. The molecule has 1 heterocycles. The number of nitrogens with one attached hydrogen (secondary N) is 1. The summed E-state index contributed by atoms with van der Waals surface area (Å²) in [5, 5.41) is 1.01. The molecule has 1 N–H and O–H groups in total. The molecule has 10 heteroatoms. The molecule has 0 aliphatic carbocycles. The number of amides is 1. The van der Waals surface area contributed by atoms with Crippen molar-refractivity contribution in [1.29, 1.82) is 0 Å². The highest BCUT2D eigenvalue weighted by Gasteiger charge is 2.25. The number of benzene rings is 3. The Morgan fingerprint density at radius 2 is 1.61 bits per heavy atom. The number of hydrogen-bond acceptors (Lipinski definition) is 6. The summed E-state index contributed by atoms with van der Waals surface area (Å²) in [5.74, 6) is -0.324. The molecule has 0 aliphatic rings. The van der Waals surface area contributed by atoms with E-state index in [4.69, 9.17) is 16.6 Å². The Morgan fingerprint density at radius 1 is 0.944 bits per heavy atom. The van der Waals surface area contributed by atoms with E-state index in [2.05, 4.69) is 23.5 Å². The topological polar surface area (TPSA) is 82.6 Å². The third-order valence-electron chi connectivity index (χ3n) is 5.82. The molecule has 36 heavy (non-hydrogen) atoms. The second-order valence-electron chi connectivity index (χ2n) is 8.05. The zero-order valence-electron chi connectivity index (χ0n) is 20.0. The lowest BCUT2D eigenvalue weighted by atomic mass is 10.1. The van der Waals surface area contributed by atoms with Crippen molar-refractivity contribution in [2.24, 2.45) is 0 Å². The number of rotatable bonds is 10. The Hall–Kier alpha value is -2.98. The van der Waals surface area contributed by atoms with Crippen molar-refractivity contribution in [3.8, 4) is 0 Å². The normalized spacial score (nSPS) is 11.7. The number of nitrogens with zero attached hydrogens (tertiary/aromatic N) is 3. The third kappa shape index (κ3) is 5.87. The van der Waals surface area contributed by atoms with Crippen molar-refractivity contribution in [3.63, 3.8) is 0 Å². The van der Waals surface area contributed by atoms with Gasteiger partial charge in [0.15, 0.2) is 5.13 Å². The maximum atomic E-state index is 13.9. The SMILES string of the molecule is CCN(CC)CCN(C(=O)c1ccccc1NS(=O)(=O)c1ccc(Cl)cc1)c1nc2ccccc2s1. The fourth-order valence-electron chi connectivity index (χ4n) is 3.76. The van der Waals surface area contributed by atoms with Gasteiger partial charge in [0.2, 0.25) is 0 Å². The first-order chi connectivity index (χ1) is 17.3. The van der Waals surface area contributed by atoms with Gasteiger partial charge in [0, 0.05) is 18.1 Å². The maximum Gasteiger partial charge on any atom is 0.262 e. The second kappa shape index (κ2) is 11.4. The molecule has 0 bridgehead atoms. The summed E-state index contributed by atoms with van der Waals surface area (Å²) in [6, 6.07) is 20.2. The van der Waals surface area contributed by atoms with E-state index >= 15 is 0 Å². The van der Waals surface area contributed by atoms with Crippen LogP contribution >= 0.6 is 22.9 Å². The highest BCUT2D eigenvalue weighted by Crippen LogP contribution is 2.31. The molecule has 1 aromatic heterocycles. The molecule has 0 spiro atoms. The van der Waals surface area contributed by atoms with Gasteiger partial charge in [-0.1, -0.05) is 61.1 Å². The molecule has 4 aromatic rings. The predicted octanol–water partition coefficient (Wildman–Crippen LogP) is 5.74. The van der Waals surface area contributed by atoms with E-state index in [1.807, 2.05) is 24.3 Å². The Kier molecular flexibility index (Phi) is 8.25. The Labute approximate surface area is 220 Å². The second-order valence-corrected chi connectivity index (χ2v) is 11.2. The van der Waals surface area contributed by atoms with E-state index < -0.39 is 10.0 Å². The number of para-hydroxylation sites is 2. The molecule has 7 nitrogen and oxygen atoms in total. The smallest absolute Gasteiger partial charge is 0.262 e. The van der Waals surface area contributed by atoms with Crippen LogP contribution < -0.4 is 9.62 Å². The highest BCUT2D eigenvalue weighted by atomic mass is 35.5. The molecule has 0 aliphatic heterocycles. The summed E-state index contributed by atoms with van der Waals surface area (Å²) >= 11 is 7.35. The fraction of sp³-hybridized carbons (Fsp3) is 0.231. The first kappa shape index (κ1) is 26.1. The van der Waals surface area contributed by atoms with Gasteiger partial charge in [-0.15, -0.1) is 0 Å². The highest BCUT2D eigenvalue weighted by molar-refractivity contribution is 7.92. The van der Waals surface area contributed by atoms with E-state index in [0.717, 1.165) is 23.3 Å². The first-order valence-corrected chi connectivity index (χ1v) is 14.3. The molecule has 0 saturated heterocycles. The van der Waals surface area contributed by atoms with Crippen molar-refractivity contribution in [3.05, 3.63) is 83.4 Å². The molecule has 0 saturated carbocycles. The molecular weight excluding hydrogens is 516 g/mol. The summed E-state index contributed by atoms with van der Waals surface area (Å²) < 4.78 is 29.6. The van der Waals surface area contributed by atoms with Crippen LogP contribution in [-0.4, -0.2) is 50.4 Å². The van der Waals surface area contributed by atoms with Gasteiger partial charge in [-0.3, -0.25) is 14.4 Å². The van der Waals surface area contributed by atoms with Crippen molar-refractivity contribution < 1.29 is 13.2 Å². The summed E-state index contributed by atoms with van der Waals surface area (Å²) in [7, 11) is -3.93. The van der Waals surface area contributed by atoms with Gasteiger partial charge in [-0.25, -0.2) is 13.4 Å². The lowest BCUT2D eigenvalue weighted by Crippen LogP contribution is -2.39. The zero-order valence-corrected chi connectivity index (χ0v) is 22.4. The number of likely N-dealkylation sites (N-methyl/N-ethyl adjacent to an activating group) is 1. The lowest BCUT2D eigenvalue weighted by molar-refractivity contribution is 0.0984. The molecule has 0 radical (unpaired) electrons. The van der Waals surface area contributed by atoms with Gasteiger partial charge >= 0.3 is 0 Å². The number of thiazole rings is 1. The van der Waals surface area contributed by atoms with Gasteiger partial charge in [-0.2, -0.15) is 0 Å². The fourth-order valence-corrected chi connectivity index (χ4v) is 5.96. The summed E-state index contributed by atoms with van der Waals surface area (Å²) in [6.07, 6.45) is 0. The van der Waals surface area contributed by atoms with E-state index in [1.165, 1.54) is 35.6 Å². The number of fused-ring (bicyclic) bond motifs is 1. The number of hydrogen-bond donors (Lipinski definition) is 1. The van der Waals surface area contributed by atoms with Crippen LogP contribution in [0, 0.1) is 0 Å². The predicted molar refractivity (Wildman–Crippen MR) is 148 cm³/mol. The lowest BCUT2D eigenvalue weighted by Gasteiger charge is -2.25. The zero-order chi connectivity index (χ0) is 25.7. The summed E-state index contributed by atoms with van der Waals surface area (Å²) in [4.78, 5) is 22.5. The van der Waals surface area contributed by atoms with E-state index in [9.17, 15) is 13.2 Å². The standard InChI is InChI=1S/C26H27ClN4O3S2/c1-3-30(4-2)17-18-31(26-28-23-11-7-8-12-24(23)35-26)25(32)21-9-5-6-10-22(21)29-36(33,34)20-15-13-19(27)14-16-20/h5-16,29H,3-4,17-18H2,1-2H3. The van der Waals surface area contributed by atoms with Crippen LogP contribution in [0.4, 0.5) is 10.8 Å². The quantitative estimate of drug-likeness (QED) is 0.276. The average molecular weight is 543 g/mol. The van der Waals surface area contributed by atoms with E-state index in [-0.39, 0.29) is 22.1 Å². The number of aromatic nitrogens is 1. The van der Waals surface area contributed by atoms with Crippen molar-refractivity contribution in [2.45, 2.75) is 18.7 Å². The molecule has 4 rings (SSSR count). The minimum Gasteiger partial charge on any atom is -0.302 e. The van der Waals surface area contributed by atoms with Gasteiger partial charge in [-0.05, 0) is 61.6 Å². The van der Waals surface area contributed by atoms with Crippen LogP contribution in [0.25, 0.3) is 10.2 Å². The van der Waals surface area contributed by atoms with Gasteiger partial charge < -0.3 is 4.90 Å². The third-order valence-corrected chi connectivity index (χ3v) is 8.51. The monoisotopic (exact) mass is 542 g/mol. The van der Waals surface area contributed by atoms with Crippen LogP contribution in [0.3, 0.4) is 0 Å². The number of anilines is 2. The number of carbonyl (C=O) groups is 1. The molecule has 3 aromatic carbocycles. The van der Waals surface area contributed by atoms with E-state index in [1.54, 1.807) is 29.2 Å². The van der Waals surface area contributed by atoms with Gasteiger partial charge in [0.25, 0.3) is 15.9 Å². The van der Waals surface area contributed by atoms with Crippen LogP contribution in [0.2, 0.25) is 5.02 Å². The van der Waals surface area contributed by atoms with E-state index in [0.29, 0.717) is 23.2 Å². The Morgan fingerprint density at radius 3 is 2.31 bits per heavy atom. The van der Waals surface area contributed by atoms with Crippen LogP contribution in [-0.2, 0) is 10.0 Å². The molecule has 1 amide bonds. The Balaban J connectivity index is 1.69. The van der Waals surface area contributed by atoms with Crippen LogP contribution in [0.1, 0.15) is 24.2 Å². The Bertz CT molecular complexity index is 1420. The summed E-state index contributed by atoms with van der Waals surface area (Å²) in [6.45, 7) is 6.94. The minimum absolute atomic E-state index is 0.0544. The molecule has 188 valence electrons. The molecule has 0 atom stereocenters. The number of halogens is 1. The maximum absolute atomic E-state index is 13.9. The number of carbonyl (C=O) groups excluding carboxylic acids is 1. The molecular formula is C26H27ClN4O3S2. The number of sulfonamides is 1. The summed E-state index contributed by atoms with van der Waals surface area (Å²) in [5.41, 5.74) is 1.26. The molecule has 0 unspecified atom stereocenters. The van der Waals surface area contributed by atoms with Gasteiger partial charge in [0.05, 0.1) is 26.4 Å².